The van der Waals surface area contributed by atoms with E-state index in [2.05, 4.69) is 33.7 Å². The number of rotatable bonds is 6. The van der Waals surface area contributed by atoms with Crippen LogP contribution >= 0.6 is 11.8 Å². The number of anilines is 1. The van der Waals surface area contributed by atoms with E-state index in [-0.39, 0.29) is 0 Å². The van der Waals surface area contributed by atoms with Crippen molar-refractivity contribution in [3.8, 4) is 0 Å². The molecular weight excluding hydrogens is 286 g/mol. The summed E-state index contributed by atoms with van der Waals surface area (Å²) < 4.78 is 5.36. The van der Waals surface area contributed by atoms with Gasteiger partial charge in [0.05, 0.1) is 13.2 Å². The number of aromatic nitrogens is 3. The second-order valence-corrected chi connectivity index (χ2v) is 6.69. The van der Waals surface area contributed by atoms with Crippen LogP contribution in [0.3, 0.4) is 0 Å². The zero-order valence-electron chi connectivity index (χ0n) is 13.4. The molecule has 1 aliphatic rings. The number of hydrogen-bond acceptors (Lipinski definition) is 7. The first-order valence-corrected chi connectivity index (χ1v) is 8.41. The molecule has 0 radical (unpaired) electrons. The Morgan fingerprint density at radius 3 is 2.52 bits per heavy atom. The molecule has 2 heterocycles. The lowest BCUT2D eigenvalue weighted by atomic mass is 10.2. The molecule has 7 heteroatoms. The molecule has 1 aromatic heterocycles. The SMILES string of the molecule is CC(C)c1nc(SCCN2CCOCC2)nc(N(C)C)n1. The van der Waals surface area contributed by atoms with Crippen molar-refractivity contribution in [2.45, 2.75) is 24.9 Å². The summed E-state index contributed by atoms with van der Waals surface area (Å²) in [7, 11) is 3.92. The quantitative estimate of drug-likeness (QED) is 0.738. The fourth-order valence-electron chi connectivity index (χ4n) is 1.97. The molecule has 1 aromatic rings. The molecule has 0 aromatic carbocycles. The summed E-state index contributed by atoms with van der Waals surface area (Å²) in [5, 5.41) is 0.825. The van der Waals surface area contributed by atoms with Gasteiger partial charge in [0.2, 0.25) is 5.95 Å². The normalized spacial score (nSPS) is 16.4. The number of nitrogens with zero attached hydrogens (tertiary/aromatic N) is 5. The molecule has 6 nitrogen and oxygen atoms in total. The van der Waals surface area contributed by atoms with Crippen LogP contribution in [0.15, 0.2) is 5.16 Å². The van der Waals surface area contributed by atoms with Gasteiger partial charge < -0.3 is 9.64 Å². The number of ether oxygens (including phenoxy) is 1. The first-order valence-electron chi connectivity index (χ1n) is 7.42. The van der Waals surface area contributed by atoms with E-state index in [1.54, 1.807) is 11.8 Å². The highest BCUT2D eigenvalue weighted by atomic mass is 32.2. The van der Waals surface area contributed by atoms with Crippen LogP contribution in [-0.4, -0.2) is 72.5 Å². The van der Waals surface area contributed by atoms with Gasteiger partial charge in [-0.05, 0) is 0 Å². The summed E-state index contributed by atoms with van der Waals surface area (Å²) in [5.74, 6) is 2.91. The van der Waals surface area contributed by atoms with Crippen molar-refractivity contribution in [1.82, 2.24) is 19.9 Å². The van der Waals surface area contributed by atoms with Crippen LogP contribution in [0.4, 0.5) is 5.95 Å². The van der Waals surface area contributed by atoms with Crippen molar-refractivity contribution in [1.29, 1.82) is 0 Å². The minimum atomic E-state index is 0.310. The van der Waals surface area contributed by atoms with E-state index in [0.29, 0.717) is 5.92 Å². The van der Waals surface area contributed by atoms with Gasteiger partial charge >= 0.3 is 0 Å². The second kappa shape index (κ2) is 7.91. The highest BCUT2D eigenvalue weighted by molar-refractivity contribution is 7.99. The lowest BCUT2D eigenvalue weighted by Crippen LogP contribution is -2.37. The third-order valence-electron chi connectivity index (χ3n) is 3.28. The Morgan fingerprint density at radius 1 is 1.19 bits per heavy atom. The van der Waals surface area contributed by atoms with Crippen molar-refractivity contribution in [2.24, 2.45) is 0 Å². The largest absolute Gasteiger partial charge is 0.379 e. The lowest BCUT2D eigenvalue weighted by Gasteiger charge is -2.26. The number of hydrogen-bond donors (Lipinski definition) is 0. The first kappa shape index (κ1) is 16.5. The fraction of sp³-hybridized carbons (Fsp3) is 0.786. The summed E-state index contributed by atoms with van der Waals surface area (Å²) in [6, 6.07) is 0. The maximum atomic E-state index is 5.36. The van der Waals surface area contributed by atoms with Crippen LogP contribution in [0.5, 0.6) is 0 Å². The Kier molecular flexibility index (Phi) is 6.20. The zero-order chi connectivity index (χ0) is 15.2. The van der Waals surface area contributed by atoms with E-state index in [1.807, 2.05) is 19.0 Å². The van der Waals surface area contributed by atoms with E-state index in [1.165, 1.54) is 0 Å². The third kappa shape index (κ3) is 5.09. The Balaban J connectivity index is 1.94. The molecule has 21 heavy (non-hydrogen) atoms. The highest BCUT2D eigenvalue weighted by Crippen LogP contribution is 2.19. The number of thioether (sulfide) groups is 1. The summed E-state index contributed by atoms with van der Waals surface area (Å²) >= 11 is 1.71. The molecule has 0 N–H and O–H groups in total. The zero-order valence-corrected chi connectivity index (χ0v) is 14.2. The summed E-state index contributed by atoms with van der Waals surface area (Å²) in [6.07, 6.45) is 0. The molecule has 2 rings (SSSR count). The predicted molar refractivity (Wildman–Crippen MR) is 86.2 cm³/mol. The van der Waals surface area contributed by atoms with Crippen molar-refractivity contribution < 1.29 is 4.74 Å². The van der Waals surface area contributed by atoms with Crippen molar-refractivity contribution in [3.63, 3.8) is 0 Å². The van der Waals surface area contributed by atoms with E-state index in [9.17, 15) is 0 Å². The maximum absolute atomic E-state index is 5.36. The van der Waals surface area contributed by atoms with Crippen molar-refractivity contribution in [3.05, 3.63) is 5.82 Å². The average Bonchev–Trinajstić information content (AvgIpc) is 2.48. The Hall–Kier alpha value is -0.920. The van der Waals surface area contributed by atoms with Crippen LogP contribution in [0.2, 0.25) is 0 Å². The average molecular weight is 311 g/mol. The highest BCUT2D eigenvalue weighted by Gasteiger charge is 2.13. The standard InChI is InChI=1S/C14H25N5OS/c1-11(2)12-15-13(18(3)4)17-14(16-12)21-10-7-19-5-8-20-9-6-19/h11H,5-10H2,1-4H3. The van der Waals surface area contributed by atoms with Gasteiger partial charge in [-0.3, -0.25) is 4.90 Å². The molecule has 1 saturated heterocycles. The molecule has 0 aliphatic carbocycles. The minimum absolute atomic E-state index is 0.310. The van der Waals surface area contributed by atoms with Gasteiger partial charge in [0, 0.05) is 45.4 Å². The molecule has 0 amide bonds. The minimum Gasteiger partial charge on any atom is -0.379 e. The maximum Gasteiger partial charge on any atom is 0.229 e. The monoisotopic (exact) mass is 311 g/mol. The van der Waals surface area contributed by atoms with Gasteiger partial charge in [-0.15, -0.1) is 0 Å². The van der Waals surface area contributed by atoms with Crippen LogP contribution in [0, 0.1) is 0 Å². The molecular formula is C14H25N5OS. The molecule has 0 atom stereocenters. The van der Waals surface area contributed by atoms with E-state index in [4.69, 9.17) is 4.74 Å². The molecule has 1 aliphatic heterocycles. The molecule has 0 unspecified atom stereocenters. The predicted octanol–water partition coefficient (Wildman–Crippen LogP) is 1.49. The van der Waals surface area contributed by atoms with Gasteiger partial charge in [0.15, 0.2) is 5.16 Å². The fourth-order valence-corrected chi connectivity index (χ4v) is 2.81. The van der Waals surface area contributed by atoms with Crippen molar-refractivity contribution in [2.75, 3.05) is 57.6 Å². The Bertz CT molecular complexity index is 423. The molecule has 1 fully saturated rings. The van der Waals surface area contributed by atoms with Crippen LogP contribution < -0.4 is 4.90 Å². The van der Waals surface area contributed by atoms with Gasteiger partial charge in [0.25, 0.3) is 0 Å². The van der Waals surface area contributed by atoms with Crippen LogP contribution in [0.25, 0.3) is 0 Å². The van der Waals surface area contributed by atoms with E-state index < -0.39 is 0 Å². The molecule has 118 valence electrons. The van der Waals surface area contributed by atoms with Gasteiger partial charge in [-0.1, -0.05) is 25.6 Å². The Labute approximate surface area is 131 Å². The molecule has 0 bridgehead atoms. The summed E-state index contributed by atoms with van der Waals surface area (Å²) in [5.41, 5.74) is 0. The van der Waals surface area contributed by atoms with E-state index >= 15 is 0 Å². The second-order valence-electron chi connectivity index (χ2n) is 5.63. The number of morpholine rings is 1. The van der Waals surface area contributed by atoms with Gasteiger partial charge in [-0.2, -0.15) is 9.97 Å². The van der Waals surface area contributed by atoms with Gasteiger partial charge in [0.1, 0.15) is 5.82 Å². The molecule has 0 saturated carbocycles. The summed E-state index contributed by atoms with van der Waals surface area (Å²) in [6.45, 7) is 9.01. The first-order chi connectivity index (χ1) is 10.1. The van der Waals surface area contributed by atoms with Crippen LogP contribution in [0.1, 0.15) is 25.6 Å². The third-order valence-corrected chi connectivity index (χ3v) is 4.11. The topological polar surface area (TPSA) is 54.4 Å². The van der Waals surface area contributed by atoms with Crippen LogP contribution in [-0.2, 0) is 4.74 Å². The summed E-state index contributed by atoms with van der Waals surface area (Å²) in [4.78, 5) is 17.9. The molecule has 0 spiro atoms. The smallest absolute Gasteiger partial charge is 0.229 e. The van der Waals surface area contributed by atoms with Crippen molar-refractivity contribution >= 4 is 17.7 Å². The lowest BCUT2D eigenvalue weighted by molar-refractivity contribution is 0.0410. The van der Waals surface area contributed by atoms with Gasteiger partial charge in [-0.25, -0.2) is 4.98 Å². The Morgan fingerprint density at radius 2 is 1.90 bits per heavy atom. The van der Waals surface area contributed by atoms with E-state index in [0.717, 1.165) is 55.5 Å².